The Labute approximate surface area is 170 Å². The van der Waals surface area contributed by atoms with Crippen LogP contribution in [0.3, 0.4) is 0 Å². The maximum atomic E-state index is 6.36. The van der Waals surface area contributed by atoms with Gasteiger partial charge in [-0.05, 0) is 44.8 Å². The Balaban J connectivity index is 1.31. The van der Waals surface area contributed by atoms with Crippen molar-refractivity contribution < 1.29 is 9.47 Å². The average molecular weight is 403 g/mol. The van der Waals surface area contributed by atoms with Gasteiger partial charge in [0.2, 0.25) is 0 Å². The lowest BCUT2D eigenvalue weighted by Crippen LogP contribution is -2.43. The summed E-state index contributed by atoms with van der Waals surface area (Å²) in [5.41, 5.74) is 9.88. The van der Waals surface area contributed by atoms with E-state index in [2.05, 4.69) is 14.9 Å². The Bertz CT molecular complexity index is 854. The summed E-state index contributed by atoms with van der Waals surface area (Å²) in [6.45, 7) is 4.76. The molecule has 0 bridgehead atoms. The minimum atomic E-state index is 0.524. The number of halogens is 1. The third kappa shape index (κ3) is 3.27. The lowest BCUT2D eigenvalue weighted by Gasteiger charge is -2.39. The minimum Gasteiger partial charge on any atom is -0.492 e. The van der Waals surface area contributed by atoms with Crippen LogP contribution in [0.15, 0.2) is 12.3 Å². The number of nitrogens with one attached hydrogen (secondary N) is 1. The molecule has 0 atom stereocenters. The second-order valence-corrected chi connectivity index (χ2v) is 8.47. The summed E-state index contributed by atoms with van der Waals surface area (Å²) in [4.78, 5) is 10.8. The maximum absolute atomic E-state index is 6.36. The number of H-pyrrole nitrogens is 1. The van der Waals surface area contributed by atoms with Gasteiger partial charge in [0.1, 0.15) is 11.6 Å². The van der Waals surface area contributed by atoms with Gasteiger partial charge in [-0.3, -0.25) is 0 Å². The highest BCUT2D eigenvalue weighted by Crippen LogP contribution is 2.43. The first-order chi connectivity index (χ1) is 13.7. The van der Waals surface area contributed by atoms with Gasteiger partial charge in [-0.1, -0.05) is 11.6 Å². The number of ether oxygens (including phenoxy) is 2. The van der Waals surface area contributed by atoms with Crippen LogP contribution < -0.4 is 10.5 Å². The molecule has 1 aromatic heterocycles. The number of nitrogens with two attached hydrogens (primary N) is 1. The molecule has 2 fully saturated rings. The molecule has 28 heavy (non-hydrogen) atoms. The standard InChI is InChI=1S/C21H27ClN4O2/c22-17-11-16(20-15(19(17)23)5-10-28-20)21-24-12-18(25-21)13-1-6-26(7-2-13)14-3-8-27-9-4-14/h11-14H,1-10,23H2,(H,24,25). The molecule has 7 heteroatoms. The number of hydrogen-bond acceptors (Lipinski definition) is 5. The fourth-order valence-electron chi connectivity index (χ4n) is 4.85. The Kier molecular flexibility index (Phi) is 4.95. The van der Waals surface area contributed by atoms with Gasteiger partial charge in [0.15, 0.2) is 0 Å². The van der Waals surface area contributed by atoms with E-state index in [1.807, 2.05) is 12.3 Å². The molecule has 4 heterocycles. The van der Waals surface area contributed by atoms with Crippen LogP contribution in [0.25, 0.3) is 11.4 Å². The quantitative estimate of drug-likeness (QED) is 0.767. The van der Waals surface area contributed by atoms with Gasteiger partial charge in [-0.15, -0.1) is 0 Å². The zero-order chi connectivity index (χ0) is 19.1. The summed E-state index contributed by atoms with van der Waals surface area (Å²) in [5.74, 6) is 2.18. The molecular weight excluding hydrogens is 376 g/mol. The van der Waals surface area contributed by atoms with Crippen molar-refractivity contribution >= 4 is 17.3 Å². The highest BCUT2D eigenvalue weighted by molar-refractivity contribution is 6.33. The second-order valence-electron chi connectivity index (χ2n) is 8.07. The molecule has 6 nitrogen and oxygen atoms in total. The smallest absolute Gasteiger partial charge is 0.141 e. The number of piperidine rings is 1. The third-order valence-electron chi connectivity index (χ3n) is 6.50. The number of nitrogens with zero attached hydrogens (tertiary/aromatic N) is 2. The van der Waals surface area contributed by atoms with Gasteiger partial charge < -0.3 is 25.1 Å². The fourth-order valence-corrected chi connectivity index (χ4v) is 5.07. The molecule has 0 spiro atoms. The summed E-state index contributed by atoms with van der Waals surface area (Å²) in [6.07, 6.45) is 7.44. The fraction of sp³-hybridized carbons (Fsp3) is 0.571. The van der Waals surface area contributed by atoms with Crippen molar-refractivity contribution in [1.82, 2.24) is 14.9 Å². The number of aromatic nitrogens is 2. The summed E-state index contributed by atoms with van der Waals surface area (Å²) in [6, 6.07) is 2.57. The van der Waals surface area contributed by atoms with Crippen LogP contribution in [0.4, 0.5) is 5.69 Å². The molecule has 0 radical (unpaired) electrons. The van der Waals surface area contributed by atoms with Gasteiger partial charge in [-0.25, -0.2) is 4.98 Å². The summed E-state index contributed by atoms with van der Waals surface area (Å²) in [7, 11) is 0. The van der Waals surface area contributed by atoms with Crippen LogP contribution in [0, 0.1) is 0 Å². The van der Waals surface area contributed by atoms with E-state index in [4.69, 9.17) is 26.8 Å². The zero-order valence-electron chi connectivity index (χ0n) is 16.0. The molecule has 5 rings (SSSR count). The van der Waals surface area contributed by atoms with E-state index in [-0.39, 0.29) is 0 Å². The monoisotopic (exact) mass is 402 g/mol. The van der Waals surface area contributed by atoms with Crippen LogP contribution >= 0.6 is 11.6 Å². The first-order valence-corrected chi connectivity index (χ1v) is 10.7. The van der Waals surface area contributed by atoms with Gasteiger partial charge in [0.05, 0.1) is 22.9 Å². The number of benzene rings is 1. The van der Waals surface area contributed by atoms with E-state index in [1.54, 1.807) is 0 Å². The first-order valence-electron chi connectivity index (χ1n) is 10.3. The topological polar surface area (TPSA) is 76.4 Å². The number of hydrogen-bond donors (Lipinski definition) is 2. The first kappa shape index (κ1) is 18.3. The van der Waals surface area contributed by atoms with Crippen LogP contribution in [0.1, 0.15) is 42.9 Å². The van der Waals surface area contributed by atoms with Crippen molar-refractivity contribution in [2.45, 2.75) is 44.1 Å². The second kappa shape index (κ2) is 7.58. The van der Waals surface area contributed by atoms with Crippen LogP contribution in [-0.2, 0) is 11.2 Å². The van der Waals surface area contributed by atoms with Crippen molar-refractivity contribution in [3.8, 4) is 17.1 Å². The highest BCUT2D eigenvalue weighted by Gasteiger charge is 2.29. The van der Waals surface area contributed by atoms with Crippen molar-refractivity contribution in [2.75, 3.05) is 38.6 Å². The number of nitrogen functional groups attached to an aromatic ring is 1. The molecule has 3 N–H and O–H groups in total. The molecule has 2 aromatic rings. The normalized spacial score (nSPS) is 21.6. The van der Waals surface area contributed by atoms with Crippen molar-refractivity contribution in [3.63, 3.8) is 0 Å². The van der Waals surface area contributed by atoms with Crippen LogP contribution in [0.5, 0.6) is 5.75 Å². The summed E-state index contributed by atoms with van der Waals surface area (Å²) in [5, 5.41) is 0.571. The predicted octanol–water partition coefficient (Wildman–Crippen LogP) is 3.61. The lowest BCUT2D eigenvalue weighted by atomic mass is 9.92. The molecule has 1 aromatic carbocycles. The Hall–Kier alpha value is -1.76. The number of fused-ring (bicyclic) bond motifs is 1. The van der Waals surface area contributed by atoms with E-state index >= 15 is 0 Å². The van der Waals surface area contributed by atoms with E-state index in [0.29, 0.717) is 29.3 Å². The summed E-state index contributed by atoms with van der Waals surface area (Å²) < 4.78 is 11.3. The van der Waals surface area contributed by atoms with Crippen LogP contribution in [0.2, 0.25) is 5.02 Å². The summed E-state index contributed by atoms with van der Waals surface area (Å²) >= 11 is 6.36. The zero-order valence-corrected chi connectivity index (χ0v) is 16.8. The Morgan fingerprint density at radius 1 is 1.14 bits per heavy atom. The molecule has 0 unspecified atom stereocenters. The van der Waals surface area contributed by atoms with E-state index < -0.39 is 0 Å². The number of imidazole rings is 1. The van der Waals surface area contributed by atoms with Gasteiger partial charge in [-0.2, -0.15) is 0 Å². The third-order valence-corrected chi connectivity index (χ3v) is 6.81. The molecule has 3 aliphatic heterocycles. The van der Waals surface area contributed by atoms with Gasteiger partial charge in [0.25, 0.3) is 0 Å². The van der Waals surface area contributed by atoms with E-state index in [1.165, 1.54) is 18.5 Å². The molecule has 0 amide bonds. The molecular formula is C21H27ClN4O2. The predicted molar refractivity (Wildman–Crippen MR) is 110 cm³/mol. The molecule has 0 saturated carbocycles. The molecule has 150 valence electrons. The van der Waals surface area contributed by atoms with Crippen LogP contribution in [-0.4, -0.2) is 53.8 Å². The Morgan fingerprint density at radius 3 is 2.71 bits per heavy atom. The average Bonchev–Trinajstić information content (AvgIpc) is 3.42. The van der Waals surface area contributed by atoms with E-state index in [9.17, 15) is 0 Å². The van der Waals surface area contributed by atoms with Crippen molar-refractivity contribution in [3.05, 3.63) is 28.5 Å². The van der Waals surface area contributed by atoms with Crippen molar-refractivity contribution in [2.24, 2.45) is 0 Å². The van der Waals surface area contributed by atoms with Gasteiger partial charge >= 0.3 is 0 Å². The van der Waals surface area contributed by atoms with Gasteiger partial charge in [0, 0.05) is 49.0 Å². The molecule has 2 saturated heterocycles. The Morgan fingerprint density at radius 2 is 1.93 bits per heavy atom. The van der Waals surface area contributed by atoms with Crippen molar-refractivity contribution in [1.29, 1.82) is 0 Å². The lowest BCUT2D eigenvalue weighted by molar-refractivity contribution is 0.0250. The number of rotatable bonds is 3. The number of likely N-dealkylation sites (tertiary alicyclic amines) is 1. The molecule has 0 aliphatic carbocycles. The largest absolute Gasteiger partial charge is 0.492 e. The maximum Gasteiger partial charge on any atom is 0.141 e. The SMILES string of the molecule is Nc1c(Cl)cc(-c2ncc(C3CCN(C4CCOCC4)CC3)[nH]2)c2c1CCO2. The highest BCUT2D eigenvalue weighted by atomic mass is 35.5. The minimum absolute atomic E-state index is 0.524. The number of aromatic amines is 1. The molecule has 3 aliphatic rings. The van der Waals surface area contributed by atoms with E-state index in [0.717, 1.165) is 68.3 Å². The number of anilines is 1.